The van der Waals surface area contributed by atoms with Crippen molar-refractivity contribution in [1.82, 2.24) is 0 Å². The zero-order chi connectivity index (χ0) is 16.6. The highest BCUT2D eigenvalue weighted by atomic mass is 16.5. The summed E-state index contributed by atoms with van der Waals surface area (Å²) in [4.78, 5) is 2.11. The van der Waals surface area contributed by atoms with Crippen LogP contribution in [0.3, 0.4) is 0 Å². The topological polar surface area (TPSA) is 55.1 Å². The molecule has 0 aliphatic carbocycles. The maximum absolute atomic E-state index is 10.9. The Balaban J connectivity index is 2.15. The van der Waals surface area contributed by atoms with Crippen molar-refractivity contribution >= 4 is 38.4 Å². The van der Waals surface area contributed by atoms with E-state index < -0.39 is 0 Å². The number of nitrogens with zero attached hydrogens (tertiary/aromatic N) is 1. The molecule has 0 bridgehead atoms. The minimum absolute atomic E-state index is 0.298. The van der Waals surface area contributed by atoms with Crippen molar-refractivity contribution in [2.24, 2.45) is 0 Å². The van der Waals surface area contributed by atoms with Crippen molar-refractivity contribution in [3.05, 3.63) is 23.8 Å². The molecule has 5 nitrogen and oxygen atoms in total. The summed E-state index contributed by atoms with van der Waals surface area (Å²) < 4.78 is 17.2. The fraction of sp³-hybridized carbons (Fsp3) is 0.263. The molecular formula is C19H17NO4. The van der Waals surface area contributed by atoms with E-state index in [1.165, 1.54) is 5.56 Å². The molecular weight excluding hydrogens is 306 g/mol. The van der Waals surface area contributed by atoms with E-state index in [-0.39, 0.29) is 0 Å². The van der Waals surface area contributed by atoms with Crippen molar-refractivity contribution in [2.45, 2.75) is 6.42 Å². The Kier molecular flexibility index (Phi) is 2.48. The number of hydrogen-bond acceptors (Lipinski definition) is 5. The van der Waals surface area contributed by atoms with Crippen molar-refractivity contribution in [3.8, 4) is 17.2 Å². The fourth-order valence-electron chi connectivity index (χ4n) is 4.04. The molecule has 0 radical (unpaired) electrons. The number of rotatable bonds is 2. The monoisotopic (exact) mass is 323 g/mol. The lowest BCUT2D eigenvalue weighted by molar-refractivity contribution is 0.404. The number of furan rings is 1. The molecule has 2 heterocycles. The highest BCUT2D eigenvalue weighted by Crippen LogP contribution is 2.53. The van der Waals surface area contributed by atoms with Crippen LogP contribution in [0, 0.1) is 0 Å². The lowest BCUT2D eigenvalue weighted by Crippen LogP contribution is -2.24. The molecule has 3 aromatic carbocycles. The standard InChI is InChI=1S/C19H17NO4/c1-20-7-6-9-8-12(23-3)19-15-13(9)16(20)17(21)10-4-5-11(22-2)18(24-19)14(10)15/h4-5,8,21H,6-7H2,1-3H3. The molecule has 0 amide bonds. The summed E-state index contributed by atoms with van der Waals surface area (Å²) in [5.41, 5.74) is 3.40. The molecule has 4 aromatic rings. The van der Waals surface area contributed by atoms with Gasteiger partial charge in [0.05, 0.1) is 19.9 Å². The van der Waals surface area contributed by atoms with Crippen LogP contribution < -0.4 is 14.4 Å². The van der Waals surface area contributed by atoms with Gasteiger partial charge in [0, 0.05) is 35.1 Å². The van der Waals surface area contributed by atoms with Gasteiger partial charge in [-0.15, -0.1) is 0 Å². The minimum atomic E-state index is 0.298. The second kappa shape index (κ2) is 4.38. The Bertz CT molecular complexity index is 1110. The Hall–Kier alpha value is -2.82. The number of anilines is 1. The van der Waals surface area contributed by atoms with Crippen LogP contribution >= 0.6 is 0 Å². The highest BCUT2D eigenvalue weighted by Gasteiger charge is 2.30. The first-order valence-corrected chi connectivity index (χ1v) is 7.94. The number of likely N-dealkylation sites (N-methyl/N-ethyl adjacent to an activating group) is 1. The lowest BCUT2D eigenvalue weighted by atomic mass is 9.91. The van der Waals surface area contributed by atoms with Gasteiger partial charge in [-0.25, -0.2) is 0 Å². The molecule has 0 spiro atoms. The zero-order valence-corrected chi connectivity index (χ0v) is 13.8. The minimum Gasteiger partial charge on any atom is -0.505 e. The van der Waals surface area contributed by atoms with Crippen LogP contribution in [0.4, 0.5) is 5.69 Å². The molecule has 24 heavy (non-hydrogen) atoms. The van der Waals surface area contributed by atoms with E-state index in [9.17, 15) is 5.11 Å². The predicted octanol–water partition coefficient (Wildman–Crippen LogP) is 3.89. The molecule has 0 unspecified atom stereocenters. The highest BCUT2D eigenvalue weighted by molar-refractivity contribution is 6.30. The first-order chi connectivity index (χ1) is 11.7. The molecule has 0 atom stereocenters. The van der Waals surface area contributed by atoms with Gasteiger partial charge in [0.2, 0.25) is 0 Å². The molecule has 0 saturated heterocycles. The molecule has 5 rings (SSSR count). The predicted molar refractivity (Wildman–Crippen MR) is 94.2 cm³/mol. The number of benzene rings is 3. The van der Waals surface area contributed by atoms with Crippen LogP contribution in [0.5, 0.6) is 17.2 Å². The summed E-state index contributed by atoms with van der Waals surface area (Å²) >= 11 is 0. The molecule has 0 fully saturated rings. The van der Waals surface area contributed by atoms with Gasteiger partial charge in [-0.3, -0.25) is 0 Å². The van der Waals surface area contributed by atoms with Crippen LogP contribution in [-0.4, -0.2) is 32.9 Å². The summed E-state index contributed by atoms with van der Waals surface area (Å²) in [5, 5.41) is 14.7. The van der Waals surface area contributed by atoms with E-state index >= 15 is 0 Å². The van der Waals surface area contributed by atoms with Crippen LogP contribution in [0.25, 0.3) is 32.7 Å². The number of phenolic OH excluding ortho intramolecular Hbond substituents is 1. The number of methoxy groups -OCH3 is 2. The normalized spacial score (nSPS) is 14.2. The van der Waals surface area contributed by atoms with Crippen molar-refractivity contribution in [3.63, 3.8) is 0 Å². The van der Waals surface area contributed by atoms with E-state index in [1.807, 2.05) is 25.2 Å². The van der Waals surface area contributed by atoms with Gasteiger partial charge in [-0.2, -0.15) is 0 Å². The summed E-state index contributed by atoms with van der Waals surface area (Å²) in [7, 11) is 5.28. The maximum atomic E-state index is 10.9. The summed E-state index contributed by atoms with van der Waals surface area (Å²) in [6.45, 7) is 0.855. The van der Waals surface area contributed by atoms with Crippen LogP contribution in [0.1, 0.15) is 5.56 Å². The molecule has 1 N–H and O–H groups in total. The van der Waals surface area contributed by atoms with Crippen molar-refractivity contribution in [1.29, 1.82) is 0 Å². The maximum Gasteiger partial charge on any atom is 0.178 e. The molecule has 5 heteroatoms. The van der Waals surface area contributed by atoms with Gasteiger partial charge >= 0.3 is 0 Å². The van der Waals surface area contributed by atoms with Gasteiger partial charge in [0.1, 0.15) is 5.75 Å². The van der Waals surface area contributed by atoms with E-state index in [0.29, 0.717) is 22.7 Å². The van der Waals surface area contributed by atoms with E-state index in [2.05, 4.69) is 4.90 Å². The van der Waals surface area contributed by atoms with Crippen LogP contribution in [0.15, 0.2) is 22.6 Å². The third-order valence-electron chi connectivity index (χ3n) is 5.16. The summed E-state index contributed by atoms with van der Waals surface area (Å²) in [6, 6.07) is 5.75. The molecule has 1 aliphatic heterocycles. The fourth-order valence-corrected chi connectivity index (χ4v) is 4.04. The largest absolute Gasteiger partial charge is 0.505 e. The summed E-state index contributed by atoms with van der Waals surface area (Å²) in [6.07, 6.45) is 0.904. The Morgan fingerprint density at radius 3 is 2.54 bits per heavy atom. The van der Waals surface area contributed by atoms with Gasteiger partial charge in [0.15, 0.2) is 22.7 Å². The molecule has 0 saturated carbocycles. The number of aromatic hydroxyl groups is 1. The first kappa shape index (κ1) is 13.6. The molecule has 1 aliphatic rings. The molecule has 122 valence electrons. The zero-order valence-electron chi connectivity index (χ0n) is 13.8. The second-order valence-corrected chi connectivity index (χ2v) is 6.31. The third kappa shape index (κ3) is 1.40. The van der Waals surface area contributed by atoms with Gasteiger partial charge < -0.3 is 23.9 Å². The van der Waals surface area contributed by atoms with E-state index in [4.69, 9.17) is 13.9 Å². The second-order valence-electron chi connectivity index (χ2n) is 6.31. The third-order valence-corrected chi connectivity index (χ3v) is 5.16. The number of phenols is 1. The van der Waals surface area contributed by atoms with Crippen LogP contribution in [0.2, 0.25) is 0 Å². The smallest absolute Gasteiger partial charge is 0.178 e. The van der Waals surface area contributed by atoms with Crippen molar-refractivity contribution in [2.75, 3.05) is 32.7 Å². The lowest BCUT2D eigenvalue weighted by Gasteiger charge is -2.29. The summed E-state index contributed by atoms with van der Waals surface area (Å²) in [5.74, 6) is 1.67. The van der Waals surface area contributed by atoms with Gasteiger partial charge in [0.25, 0.3) is 0 Å². The van der Waals surface area contributed by atoms with Crippen molar-refractivity contribution < 1.29 is 19.0 Å². The average molecular weight is 323 g/mol. The molecule has 1 aromatic heterocycles. The Morgan fingerprint density at radius 2 is 1.79 bits per heavy atom. The van der Waals surface area contributed by atoms with E-state index in [1.54, 1.807) is 14.2 Å². The van der Waals surface area contributed by atoms with Gasteiger partial charge in [-0.05, 0) is 30.2 Å². The number of ether oxygens (including phenoxy) is 2. The van der Waals surface area contributed by atoms with E-state index in [0.717, 1.165) is 45.9 Å². The average Bonchev–Trinajstić information content (AvgIpc) is 3.00. The quantitative estimate of drug-likeness (QED) is 0.567. The first-order valence-electron chi connectivity index (χ1n) is 7.94. The number of hydrogen-bond donors (Lipinski definition) is 1. The Morgan fingerprint density at radius 1 is 1.04 bits per heavy atom. The SMILES string of the molecule is COc1ccc2c(O)c3c4c(cc(OC)c5oc1c2c54)CCN3C. The van der Waals surface area contributed by atoms with Gasteiger partial charge in [-0.1, -0.05) is 0 Å². The van der Waals surface area contributed by atoms with Crippen LogP contribution in [-0.2, 0) is 6.42 Å². The Labute approximate surface area is 138 Å².